The lowest BCUT2D eigenvalue weighted by atomic mass is 10.1. The van der Waals surface area contributed by atoms with E-state index in [1.807, 2.05) is 13.1 Å². The summed E-state index contributed by atoms with van der Waals surface area (Å²) in [5.41, 5.74) is 1.22. The van der Waals surface area contributed by atoms with E-state index in [0.29, 0.717) is 0 Å². The zero-order valence-electron chi connectivity index (χ0n) is 10.1. The molecule has 2 heterocycles. The van der Waals surface area contributed by atoms with Crippen LogP contribution in [0.25, 0.3) is 10.1 Å². The second kappa shape index (κ2) is 5.32. The number of benzene rings is 1. The average molecular weight is 356 g/mol. The maximum Gasteiger partial charge on any atom is 0.124 e. The summed E-state index contributed by atoms with van der Waals surface area (Å²) in [6.07, 6.45) is 0. The van der Waals surface area contributed by atoms with Crippen LogP contribution in [0.4, 0.5) is 4.39 Å². The Hall–Kier alpha value is -0.750. The number of fused-ring (bicyclic) bond motifs is 1. The van der Waals surface area contributed by atoms with Gasteiger partial charge in [-0.25, -0.2) is 4.39 Å². The molecule has 19 heavy (non-hydrogen) atoms. The molecule has 2 aromatic heterocycles. The molecule has 0 fully saturated rings. The summed E-state index contributed by atoms with van der Waals surface area (Å²) in [6, 6.07) is 7.21. The van der Waals surface area contributed by atoms with E-state index >= 15 is 0 Å². The molecule has 0 radical (unpaired) electrons. The topological polar surface area (TPSA) is 12.0 Å². The van der Waals surface area contributed by atoms with Crippen LogP contribution in [0.1, 0.15) is 16.5 Å². The van der Waals surface area contributed by atoms with Crippen molar-refractivity contribution in [3.05, 3.63) is 55.8 Å². The molecule has 98 valence electrons. The van der Waals surface area contributed by atoms with Gasteiger partial charge in [-0.3, -0.25) is 0 Å². The zero-order chi connectivity index (χ0) is 13.4. The molecule has 0 aliphatic carbocycles. The summed E-state index contributed by atoms with van der Waals surface area (Å²) in [4.78, 5) is 1.20. The summed E-state index contributed by atoms with van der Waals surface area (Å²) >= 11 is 6.88. The van der Waals surface area contributed by atoms with Crippen molar-refractivity contribution in [1.29, 1.82) is 0 Å². The lowest BCUT2D eigenvalue weighted by molar-refractivity contribution is 0.630. The van der Waals surface area contributed by atoms with Crippen molar-refractivity contribution in [2.75, 3.05) is 7.05 Å². The zero-order valence-corrected chi connectivity index (χ0v) is 13.3. The molecule has 0 bridgehead atoms. The van der Waals surface area contributed by atoms with Crippen molar-refractivity contribution in [1.82, 2.24) is 5.32 Å². The second-order valence-corrected chi connectivity index (χ2v) is 6.94. The number of hydrogen-bond donors (Lipinski definition) is 1. The Morgan fingerprint density at radius 1 is 1.26 bits per heavy atom. The van der Waals surface area contributed by atoms with Gasteiger partial charge in [0, 0.05) is 19.4 Å². The molecule has 1 atom stereocenters. The fourth-order valence-electron chi connectivity index (χ4n) is 2.12. The molecule has 3 rings (SSSR count). The number of halogens is 2. The molecule has 0 amide bonds. The van der Waals surface area contributed by atoms with Crippen molar-refractivity contribution < 1.29 is 4.39 Å². The standard InChI is InChI=1S/C14H11BrFNS2/c1-17-14(10-6-18-7-11(10)15)13-4-8-2-3-9(16)5-12(8)19-13/h2-7,14,17H,1H3. The van der Waals surface area contributed by atoms with E-state index in [1.54, 1.807) is 28.7 Å². The first-order valence-electron chi connectivity index (χ1n) is 5.77. The van der Waals surface area contributed by atoms with E-state index in [4.69, 9.17) is 0 Å². The minimum absolute atomic E-state index is 0.140. The number of rotatable bonds is 3. The van der Waals surface area contributed by atoms with Gasteiger partial charge in [-0.2, -0.15) is 11.3 Å². The van der Waals surface area contributed by atoms with Gasteiger partial charge >= 0.3 is 0 Å². The first kappa shape index (κ1) is 13.2. The van der Waals surface area contributed by atoms with Crippen molar-refractivity contribution in [3.63, 3.8) is 0 Å². The Morgan fingerprint density at radius 3 is 2.79 bits per heavy atom. The fraction of sp³-hybridized carbons (Fsp3) is 0.143. The van der Waals surface area contributed by atoms with E-state index in [0.717, 1.165) is 14.6 Å². The number of thiophene rings is 2. The first-order valence-corrected chi connectivity index (χ1v) is 8.32. The Morgan fingerprint density at radius 2 is 2.11 bits per heavy atom. The van der Waals surface area contributed by atoms with Crippen molar-refractivity contribution in [3.8, 4) is 0 Å². The minimum atomic E-state index is -0.182. The van der Waals surface area contributed by atoms with E-state index in [2.05, 4.69) is 38.1 Å². The number of nitrogens with one attached hydrogen (secondary N) is 1. The first-order chi connectivity index (χ1) is 9.19. The Balaban J connectivity index is 2.09. The lowest BCUT2D eigenvalue weighted by Gasteiger charge is -2.13. The normalized spacial score (nSPS) is 13.0. The van der Waals surface area contributed by atoms with Crippen LogP contribution in [0.2, 0.25) is 0 Å². The van der Waals surface area contributed by atoms with Gasteiger partial charge in [0.1, 0.15) is 5.82 Å². The highest BCUT2D eigenvalue weighted by molar-refractivity contribution is 9.10. The van der Waals surface area contributed by atoms with E-state index in [9.17, 15) is 4.39 Å². The Labute approximate surface area is 127 Å². The summed E-state index contributed by atoms with van der Waals surface area (Å²) < 4.78 is 15.4. The molecule has 0 spiro atoms. The molecule has 3 aromatic rings. The molecular weight excluding hydrogens is 345 g/mol. The Bertz CT molecular complexity index is 719. The average Bonchev–Trinajstić information content (AvgIpc) is 2.97. The SMILES string of the molecule is CNC(c1cc2ccc(F)cc2s1)c1cscc1Br. The minimum Gasteiger partial charge on any atom is -0.309 e. The van der Waals surface area contributed by atoms with Gasteiger partial charge in [-0.15, -0.1) is 11.3 Å². The fourth-order valence-corrected chi connectivity index (χ4v) is 4.89. The molecule has 0 saturated heterocycles. The molecule has 5 heteroatoms. The predicted octanol–water partition coefficient (Wildman–Crippen LogP) is 5.17. The number of hydrogen-bond acceptors (Lipinski definition) is 3. The summed E-state index contributed by atoms with van der Waals surface area (Å²) in [5, 5.41) is 8.63. The van der Waals surface area contributed by atoms with Crippen LogP contribution in [0, 0.1) is 5.82 Å². The smallest absolute Gasteiger partial charge is 0.124 e. The van der Waals surface area contributed by atoms with Crippen molar-refractivity contribution in [2.24, 2.45) is 0 Å². The molecule has 1 unspecified atom stereocenters. The predicted molar refractivity (Wildman–Crippen MR) is 84.7 cm³/mol. The quantitative estimate of drug-likeness (QED) is 0.682. The molecule has 0 aliphatic heterocycles. The van der Waals surface area contributed by atoms with Gasteiger partial charge < -0.3 is 5.32 Å². The van der Waals surface area contributed by atoms with Crippen LogP contribution in [-0.2, 0) is 0 Å². The van der Waals surface area contributed by atoms with Gasteiger partial charge in [0.05, 0.1) is 6.04 Å². The second-order valence-electron chi connectivity index (χ2n) is 4.23. The highest BCUT2D eigenvalue weighted by atomic mass is 79.9. The van der Waals surface area contributed by atoms with Gasteiger partial charge in [0.2, 0.25) is 0 Å². The third-order valence-corrected chi connectivity index (χ3v) is 5.94. The van der Waals surface area contributed by atoms with Gasteiger partial charge in [-0.05, 0) is 57.5 Å². The van der Waals surface area contributed by atoms with E-state index in [-0.39, 0.29) is 11.9 Å². The van der Waals surface area contributed by atoms with Crippen molar-refractivity contribution in [2.45, 2.75) is 6.04 Å². The van der Waals surface area contributed by atoms with Gasteiger partial charge in [-0.1, -0.05) is 6.07 Å². The van der Waals surface area contributed by atoms with Crippen LogP contribution in [0.3, 0.4) is 0 Å². The highest BCUT2D eigenvalue weighted by Gasteiger charge is 2.18. The Kier molecular flexibility index (Phi) is 3.71. The van der Waals surface area contributed by atoms with Crippen molar-refractivity contribution >= 4 is 48.7 Å². The summed E-state index contributed by atoms with van der Waals surface area (Å²) in [6.45, 7) is 0. The largest absolute Gasteiger partial charge is 0.309 e. The van der Waals surface area contributed by atoms with Crippen LogP contribution in [0.5, 0.6) is 0 Å². The monoisotopic (exact) mass is 355 g/mol. The molecule has 0 aliphatic rings. The lowest BCUT2D eigenvalue weighted by Crippen LogP contribution is -2.16. The molecule has 1 aromatic carbocycles. The van der Waals surface area contributed by atoms with Crippen LogP contribution >= 0.6 is 38.6 Å². The summed E-state index contributed by atoms with van der Waals surface area (Å²) in [7, 11) is 1.94. The molecule has 1 N–H and O–H groups in total. The van der Waals surface area contributed by atoms with E-state index in [1.165, 1.54) is 16.5 Å². The maximum absolute atomic E-state index is 13.3. The van der Waals surface area contributed by atoms with Crippen LogP contribution < -0.4 is 5.32 Å². The molecule has 1 nitrogen and oxygen atoms in total. The van der Waals surface area contributed by atoms with Crippen LogP contribution in [-0.4, -0.2) is 7.05 Å². The van der Waals surface area contributed by atoms with Gasteiger partial charge in [0.25, 0.3) is 0 Å². The highest BCUT2D eigenvalue weighted by Crippen LogP contribution is 2.37. The molecule has 0 saturated carbocycles. The maximum atomic E-state index is 13.3. The third kappa shape index (κ3) is 2.48. The van der Waals surface area contributed by atoms with E-state index < -0.39 is 0 Å². The molecular formula is C14H11BrFNS2. The van der Waals surface area contributed by atoms with Gasteiger partial charge in [0.15, 0.2) is 0 Å². The van der Waals surface area contributed by atoms with Crippen LogP contribution in [0.15, 0.2) is 39.5 Å². The third-order valence-electron chi connectivity index (χ3n) is 3.03. The summed E-state index contributed by atoms with van der Waals surface area (Å²) in [5.74, 6) is -0.182.